The third kappa shape index (κ3) is 2.62. The summed E-state index contributed by atoms with van der Waals surface area (Å²) in [5.74, 6) is -0.0153. The van der Waals surface area contributed by atoms with Crippen LogP contribution in [0, 0.1) is 5.92 Å². The SMILES string of the molecule is COc1ccc(Br)cc1C1(C(C)CC(=O)O)COC1. The fraction of sp³-hybridized carbons (Fsp3) is 0.500. The molecule has 4 nitrogen and oxygen atoms in total. The Morgan fingerprint density at radius 3 is 2.74 bits per heavy atom. The van der Waals surface area contributed by atoms with Crippen LogP contribution in [0.1, 0.15) is 18.9 Å². The van der Waals surface area contributed by atoms with E-state index in [9.17, 15) is 4.79 Å². The molecule has 0 spiro atoms. The van der Waals surface area contributed by atoms with E-state index >= 15 is 0 Å². The van der Waals surface area contributed by atoms with Crippen molar-refractivity contribution in [1.82, 2.24) is 0 Å². The van der Waals surface area contributed by atoms with Crippen molar-refractivity contribution in [2.45, 2.75) is 18.8 Å². The Morgan fingerprint density at radius 2 is 2.26 bits per heavy atom. The van der Waals surface area contributed by atoms with Crippen LogP contribution in [-0.2, 0) is 14.9 Å². The molecule has 0 saturated carbocycles. The number of carboxylic acid groups (broad SMARTS) is 1. The van der Waals surface area contributed by atoms with E-state index in [0.717, 1.165) is 15.8 Å². The molecule has 1 saturated heterocycles. The van der Waals surface area contributed by atoms with E-state index in [-0.39, 0.29) is 17.8 Å². The molecule has 0 bridgehead atoms. The first-order valence-electron chi connectivity index (χ1n) is 6.13. The normalized spacial score (nSPS) is 18.5. The van der Waals surface area contributed by atoms with Crippen LogP contribution in [0.3, 0.4) is 0 Å². The van der Waals surface area contributed by atoms with Crippen molar-refractivity contribution in [2.24, 2.45) is 5.92 Å². The summed E-state index contributed by atoms with van der Waals surface area (Å²) in [4.78, 5) is 11.0. The van der Waals surface area contributed by atoms with Gasteiger partial charge in [-0.15, -0.1) is 0 Å². The van der Waals surface area contributed by atoms with Crippen molar-refractivity contribution in [1.29, 1.82) is 0 Å². The molecular weight excluding hydrogens is 312 g/mol. The van der Waals surface area contributed by atoms with E-state index in [0.29, 0.717) is 13.2 Å². The minimum atomic E-state index is -0.785. The van der Waals surface area contributed by atoms with Crippen LogP contribution in [0.4, 0.5) is 0 Å². The lowest BCUT2D eigenvalue weighted by Crippen LogP contribution is -2.52. The minimum Gasteiger partial charge on any atom is -0.496 e. The van der Waals surface area contributed by atoms with E-state index in [1.807, 2.05) is 25.1 Å². The van der Waals surface area contributed by atoms with Crippen molar-refractivity contribution >= 4 is 21.9 Å². The summed E-state index contributed by atoms with van der Waals surface area (Å²) < 4.78 is 11.7. The Labute approximate surface area is 120 Å². The average molecular weight is 329 g/mol. The molecule has 5 heteroatoms. The highest BCUT2D eigenvalue weighted by atomic mass is 79.9. The van der Waals surface area contributed by atoms with Crippen LogP contribution in [0.2, 0.25) is 0 Å². The maximum Gasteiger partial charge on any atom is 0.303 e. The van der Waals surface area contributed by atoms with Gasteiger partial charge in [-0.1, -0.05) is 22.9 Å². The molecular formula is C14H17BrO4. The number of benzene rings is 1. The Hall–Kier alpha value is -1.07. The number of methoxy groups -OCH3 is 1. The van der Waals surface area contributed by atoms with E-state index in [4.69, 9.17) is 14.6 Å². The predicted octanol–water partition coefficient (Wildman–Crippen LogP) is 2.84. The highest BCUT2D eigenvalue weighted by Crippen LogP contribution is 2.45. The number of carboxylic acids is 1. The largest absolute Gasteiger partial charge is 0.496 e. The monoisotopic (exact) mass is 328 g/mol. The maximum absolute atomic E-state index is 11.0. The molecule has 104 valence electrons. The molecule has 2 rings (SSSR count). The van der Waals surface area contributed by atoms with Crippen LogP contribution >= 0.6 is 15.9 Å². The zero-order valence-corrected chi connectivity index (χ0v) is 12.6. The van der Waals surface area contributed by atoms with Crippen LogP contribution in [-0.4, -0.2) is 31.4 Å². The molecule has 1 aromatic rings. The number of hydrogen-bond acceptors (Lipinski definition) is 3. The van der Waals surface area contributed by atoms with Crippen molar-refractivity contribution in [2.75, 3.05) is 20.3 Å². The highest BCUT2D eigenvalue weighted by Gasteiger charge is 2.47. The first kappa shape index (κ1) is 14.3. The van der Waals surface area contributed by atoms with Gasteiger partial charge in [0.2, 0.25) is 0 Å². The number of hydrogen-bond donors (Lipinski definition) is 1. The quantitative estimate of drug-likeness (QED) is 0.903. The number of aliphatic carboxylic acids is 1. The van der Waals surface area contributed by atoms with E-state index in [1.165, 1.54) is 0 Å². The summed E-state index contributed by atoms with van der Waals surface area (Å²) >= 11 is 3.46. The molecule has 0 radical (unpaired) electrons. The van der Waals surface area contributed by atoms with Gasteiger partial charge in [0.05, 0.1) is 20.3 Å². The molecule has 1 aliphatic heterocycles. The lowest BCUT2D eigenvalue weighted by molar-refractivity contribution is -0.142. The number of carbonyl (C=O) groups is 1. The summed E-state index contributed by atoms with van der Waals surface area (Å²) in [6.45, 7) is 3.03. The van der Waals surface area contributed by atoms with Crippen molar-refractivity contribution < 1.29 is 19.4 Å². The second-order valence-electron chi connectivity index (χ2n) is 4.99. The summed E-state index contributed by atoms with van der Waals surface area (Å²) in [6, 6.07) is 5.81. The third-order valence-electron chi connectivity index (χ3n) is 3.84. The Bertz CT molecular complexity index is 482. The molecule has 1 unspecified atom stereocenters. The topological polar surface area (TPSA) is 55.8 Å². The van der Waals surface area contributed by atoms with E-state index in [1.54, 1.807) is 7.11 Å². The molecule has 0 aromatic heterocycles. The van der Waals surface area contributed by atoms with Gasteiger partial charge < -0.3 is 14.6 Å². The fourth-order valence-corrected chi connectivity index (χ4v) is 2.92. The highest BCUT2D eigenvalue weighted by molar-refractivity contribution is 9.10. The zero-order chi connectivity index (χ0) is 14.0. The van der Waals surface area contributed by atoms with Gasteiger partial charge in [0.15, 0.2) is 0 Å². The first-order chi connectivity index (χ1) is 8.99. The number of halogens is 1. The van der Waals surface area contributed by atoms with Crippen molar-refractivity contribution in [3.8, 4) is 5.75 Å². The lowest BCUT2D eigenvalue weighted by Gasteiger charge is -2.46. The van der Waals surface area contributed by atoms with Gasteiger partial charge in [-0.2, -0.15) is 0 Å². The summed E-state index contributed by atoms with van der Waals surface area (Å²) in [5, 5.41) is 9.01. The second kappa shape index (κ2) is 5.51. The fourth-order valence-electron chi connectivity index (χ4n) is 2.55. The van der Waals surface area contributed by atoms with Crippen LogP contribution in [0.15, 0.2) is 22.7 Å². The molecule has 1 N–H and O–H groups in total. The maximum atomic E-state index is 11.0. The lowest BCUT2D eigenvalue weighted by atomic mass is 9.68. The summed E-state index contributed by atoms with van der Waals surface area (Å²) in [6.07, 6.45) is 0.124. The summed E-state index contributed by atoms with van der Waals surface area (Å²) in [5.41, 5.74) is 0.748. The Morgan fingerprint density at radius 1 is 1.58 bits per heavy atom. The van der Waals surface area contributed by atoms with Gasteiger partial charge in [0.1, 0.15) is 5.75 Å². The Balaban J connectivity index is 2.40. The molecule has 19 heavy (non-hydrogen) atoms. The molecule has 1 heterocycles. The number of ether oxygens (including phenoxy) is 2. The van der Waals surface area contributed by atoms with Crippen molar-refractivity contribution in [3.05, 3.63) is 28.2 Å². The van der Waals surface area contributed by atoms with Crippen LogP contribution < -0.4 is 4.74 Å². The van der Waals surface area contributed by atoms with Crippen LogP contribution in [0.5, 0.6) is 5.75 Å². The van der Waals surface area contributed by atoms with E-state index in [2.05, 4.69) is 15.9 Å². The van der Waals surface area contributed by atoms with Gasteiger partial charge in [-0.3, -0.25) is 4.79 Å². The van der Waals surface area contributed by atoms with Gasteiger partial charge >= 0.3 is 5.97 Å². The first-order valence-corrected chi connectivity index (χ1v) is 6.92. The second-order valence-corrected chi connectivity index (χ2v) is 5.91. The standard InChI is InChI=1S/C14H17BrO4/c1-9(5-13(16)17)14(7-19-8-14)11-6-10(15)3-4-12(11)18-2/h3-4,6,9H,5,7-8H2,1-2H3,(H,16,17). The molecule has 1 aliphatic rings. The van der Waals surface area contributed by atoms with Gasteiger partial charge in [0, 0.05) is 21.9 Å². The minimum absolute atomic E-state index is 0.0121. The third-order valence-corrected chi connectivity index (χ3v) is 4.33. The zero-order valence-electron chi connectivity index (χ0n) is 11.0. The molecule has 0 amide bonds. The molecule has 1 atom stereocenters. The number of rotatable bonds is 5. The van der Waals surface area contributed by atoms with Crippen LogP contribution in [0.25, 0.3) is 0 Å². The van der Waals surface area contributed by atoms with Gasteiger partial charge in [0.25, 0.3) is 0 Å². The van der Waals surface area contributed by atoms with Gasteiger partial charge in [-0.25, -0.2) is 0 Å². The van der Waals surface area contributed by atoms with Gasteiger partial charge in [-0.05, 0) is 24.1 Å². The van der Waals surface area contributed by atoms with E-state index < -0.39 is 5.97 Å². The summed E-state index contributed by atoms with van der Waals surface area (Å²) in [7, 11) is 1.63. The smallest absolute Gasteiger partial charge is 0.303 e. The average Bonchev–Trinajstić information content (AvgIpc) is 2.26. The van der Waals surface area contributed by atoms with Crippen molar-refractivity contribution in [3.63, 3.8) is 0 Å². The predicted molar refractivity (Wildman–Crippen MR) is 74.6 cm³/mol. The molecule has 0 aliphatic carbocycles. The molecule has 1 fully saturated rings. The Kier molecular flexibility index (Phi) is 4.16. The molecule has 1 aromatic carbocycles.